The van der Waals surface area contributed by atoms with Crippen molar-refractivity contribution in [3.05, 3.63) is 0 Å². The number of likely N-dealkylation sites (tertiary alicyclic amines) is 1. The summed E-state index contributed by atoms with van der Waals surface area (Å²) in [5.41, 5.74) is -0.701. The van der Waals surface area contributed by atoms with Crippen molar-refractivity contribution in [1.82, 2.24) is 10.2 Å². The zero-order chi connectivity index (χ0) is 11.5. The summed E-state index contributed by atoms with van der Waals surface area (Å²) < 4.78 is 0. The van der Waals surface area contributed by atoms with Crippen LogP contribution in [0.15, 0.2) is 0 Å². The molecule has 1 rings (SSSR count). The van der Waals surface area contributed by atoms with Crippen LogP contribution in [-0.4, -0.2) is 48.2 Å². The summed E-state index contributed by atoms with van der Waals surface area (Å²) in [4.78, 5) is 13.7. The third-order valence-electron chi connectivity index (χ3n) is 2.92. The van der Waals surface area contributed by atoms with E-state index in [0.29, 0.717) is 13.1 Å². The number of nitrogens with zero attached hydrogens (tertiary/aromatic N) is 1. The van der Waals surface area contributed by atoms with Gasteiger partial charge in [0.15, 0.2) is 0 Å². The van der Waals surface area contributed by atoms with E-state index in [0.717, 1.165) is 19.4 Å². The number of amides is 1. The van der Waals surface area contributed by atoms with Crippen LogP contribution in [0.5, 0.6) is 0 Å². The monoisotopic (exact) mass is 214 g/mol. The van der Waals surface area contributed by atoms with Gasteiger partial charge >= 0.3 is 0 Å². The predicted octanol–water partition coefficient (Wildman–Crippen LogP) is 0.215. The van der Waals surface area contributed by atoms with Crippen molar-refractivity contribution >= 4 is 5.91 Å². The molecular formula is C11H22N2O2. The zero-order valence-corrected chi connectivity index (χ0v) is 9.92. The van der Waals surface area contributed by atoms with E-state index in [1.807, 2.05) is 14.0 Å². The largest absolute Gasteiger partial charge is 0.388 e. The van der Waals surface area contributed by atoms with Crippen molar-refractivity contribution in [2.45, 2.75) is 32.3 Å². The second kappa shape index (κ2) is 4.94. The maximum atomic E-state index is 12.0. The molecule has 0 aromatic carbocycles. The molecule has 0 spiro atoms. The molecular weight excluding hydrogens is 192 g/mol. The first-order chi connectivity index (χ1) is 6.96. The van der Waals surface area contributed by atoms with Gasteiger partial charge in [-0.1, -0.05) is 6.92 Å². The van der Waals surface area contributed by atoms with E-state index in [2.05, 4.69) is 5.32 Å². The van der Waals surface area contributed by atoms with Gasteiger partial charge in [0, 0.05) is 25.6 Å². The van der Waals surface area contributed by atoms with Crippen molar-refractivity contribution in [1.29, 1.82) is 0 Å². The Hall–Kier alpha value is -0.610. The van der Waals surface area contributed by atoms with E-state index in [1.54, 1.807) is 11.8 Å². The third-order valence-corrected chi connectivity index (χ3v) is 2.92. The third kappa shape index (κ3) is 3.47. The second-order valence-corrected chi connectivity index (χ2v) is 4.82. The molecule has 1 aliphatic heterocycles. The van der Waals surface area contributed by atoms with Gasteiger partial charge in [0.25, 0.3) is 0 Å². The van der Waals surface area contributed by atoms with Gasteiger partial charge < -0.3 is 15.3 Å². The number of nitrogens with one attached hydrogen (secondary N) is 1. The van der Waals surface area contributed by atoms with Crippen LogP contribution in [0.4, 0.5) is 0 Å². The summed E-state index contributed by atoms with van der Waals surface area (Å²) in [6.45, 7) is 5.66. The summed E-state index contributed by atoms with van der Waals surface area (Å²) in [6, 6.07) is 0. The Morgan fingerprint density at radius 2 is 2.33 bits per heavy atom. The maximum absolute atomic E-state index is 12.0. The fraction of sp³-hybridized carbons (Fsp3) is 0.909. The number of carbonyl (C=O) groups excluding carboxylic acids is 1. The maximum Gasteiger partial charge on any atom is 0.226 e. The van der Waals surface area contributed by atoms with Crippen LogP contribution in [0.25, 0.3) is 0 Å². The highest BCUT2D eigenvalue weighted by Crippen LogP contribution is 2.21. The molecule has 4 heteroatoms. The van der Waals surface area contributed by atoms with E-state index < -0.39 is 5.60 Å². The smallest absolute Gasteiger partial charge is 0.226 e. The van der Waals surface area contributed by atoms with Crippen LogP contribution < -0.4 is 5.32 Å². The summed E-state index contributed by atoms with van der Waals surface area (Å²) in [5.74, 6) is 0.133. The first kappa shape index (κ1) is 12.5. The molecule has 1 heterocycles. The van der Waals surface area contributed by atoms with Gasteiger partial charge in [0.05, 0.1) is 5.60 Å². The van der Waals surface area contributed by atoms with Crippen LogP contribution in [0.2, 0.25) is 0 Å². The molecule has 1 amide bonds. The normalized spacial score (nSPS) is 28.9. The van der Waals surface area contributed by atoms with E-state index in [-0.39, 0.29) is 11.8 Å². The SMILES string of the molecule is CNCC(C)C(=O)N1CCCC(C)(O)C1. The Bertz CT molecular complexity index is 229. The number of β-amino-alcohol motifs (C(OH)–C–C–N with tert-alkyl or cyclic N) is 1. The lowest BCUT2D eigenvalue weighted by Crippen LogP contribution is -2.50. The highest BCUT2D eigenvalue weighted by Gasteiger charge is 2.32. The molecule has 4 nitrogen and oxygen atoms in total. The molecule has 2 N–H and O–H groups in total. The van der Waals surface area contributed by atoms with Crippen molar-refractivity contribution in [3.8, 4) is 0 Å². The summed E-state index contributed by atoms with van der Waals surface area (Å²) in [5, 5.41) is 12.9. The van der Waals surface area contributed by atoms with E-state index >= 15 is 0 Å². The average molecular weight is 214 g/mol. The first-order valence-corrected chi connectivity index (χ1v) is 5.62. The minimum atomic E-state index is -0.701. The van der Waals surface area contributed by atoms with Crippen molar-refractivity contribution in [3.63, 3.8) is 0 Å². The average Bonchev–Trinajstić information content (AvgIpc) is 2.15. The van der Waals surface area contributed by atoms with Gasteiger partial charge in [-0.05, 0) is 26.8 Å². The van der Waals surface area contributed by atoms with Gasteiger partial charge in [0.2, 0.25) is 5.91 Å². The Morgan fingerprint density at radius 1 is 1.67 bits per heavy atom. The molecule has 2 unspecified atom stereocenters. The van der Waals surface area contributed by atoms with Crippen molar-refractivity contribution in [2.24, 2.45) is 5.92 Å². The lowest BCUT2D eigenvalue weighted by molar-refractivity contribution is -0.141. The highest BCUT2D eigenvalue weighted by molar-refractivity contribution is 5.78. The first-order valence-electron chi connectivity index (χ1n) is 5.62. The van der Waals surface area contributed by atoms with Gasteiger partial charge in [0.1, 0.15) is 0 Å². The van der Waals surface area contributed by atoms with Crippen LogP contribution in [0.3, 0.4) is 0 Å². The zero-order valence-electron chi connectivity index (χ0n) is 9.92. The van der Waals surface area contributed by atoms with E-state index in [9.17, 15) is 9.90 Å². The van der Waals surface area contributed by atoms with Crippen LogP contribution in [-0.2, 0) is 4.79 Å². The second-order valence-electron chi connectivity index (χ2n) is 4.82. The lowest BCUT2D eigenvalue weighted by Gasteiger charge is -2.38. The number of hydrogen-bond donors (Lipinski definition) is 2. The molecule has 0 aliphatic carbocycles. The molecule has 0 bridgehead atoms. The lowest BCUT2D eigenvalue weighted by atomic mass is 9.94. The molecule has 15 heavy (non-hydrogen) atoms. The Kier molecular flexibility index (Phi) is 4.11. The Morgan fingerprint density at radius 3 is 2.87 bits per heavy atom. The van der Waals surface area contributed by atoms with Gasteiger partial charge in [-0.3, -0.25) is 4.79 Å². The van der Waals surface area contributed by atoms with Crippen molar-refractivity contribution < 1.29 is 9.90 Å². The predicted molar refractivity (Wildman–Crippen MR) is 59.5 cm³/mol. The minimum absolute atomic E-state index is 0.0103. The molecule has 2 atom stereocenters. The van der Waals surface area contributed by atoms with Gasteiger partial charge in [-0.25, -0.2) is 0 Å². The van der Waals surface area contributed by atoms with E-state index in [4.69, 9.17) is 0 Å². The fourth-order valence-corrected chi connectivity index (χ4v) is 2.11. The van der Waals surface area contributed by atoms with Crippen LogP contribution in [0.1, 0.15) is 26.7 Å². The van der Waals surface area contributed by atoms with Gasteiger partial charge in [-0.2, -0.15) is 0 Å². The number of piperidine rings is 1. The summed E-state index contributed by atoms with van der Waals surface area (Å²) in [6.07, 6.45) is 1.68. The minimum Gasteiger partial charge on any atom is -0.388 e. The molecule has 0 aromatic heterocycles. The molecule has 0 aromatic rings. The molecule has 88 valence electrons. The molecule has 1 saturated heterocycles. The summed E-state index contributed by atoms with van der Waals surface area (Å²) in [7, 11) is 1.84. The number of hydrogen-bond acceptors (Lipinski definition) is 3. The van der Waals surface area contributed by atoms with Crippen LogP contribution in [0, 0.1) is 5.92 Å². The summed E-state index contributed by atoms with van der Waals surface area (Å²) >= 11 is 0. The number of rotatable bonds is 3. The topological polar surface area (TPSA) is 52.6 Å². The van der Waals surface area contributed by atoms with Gasteiger partial charge in [-0.15, -0.1) is 0 Å². The van der Waals surface area contributed by atoms with E-state index in [1.165, 1.54) is 0 Å². The fourth-order valence-electron chi connectivity index (χ4n) is 2.11. The van der Waals surface area contributed by atoms with Crippen molar-refractivity contribution in [2.75, 3.05) is 26.7 Å². The Balaban J connectivity index is 2.52. The van der Waals surface area contributed by atoms with Crippen LogP contribution >= 0.6 is 0 Å². The molecule has 0 radical (unpaired) electrons. The molecule has 1 aliphatic rings. The quantitative estimate of drug-likeness (QED) is 0.706. The number of carbonyl (C=O) groups is 1. The standard InChI is InChI=1S/C11H22N2O2/c1-9(7-12-3)10(14)13-6-4-5-11(2,15)8-13/h9,12,15H,4-8H2,1-3H3. The highest BCUT2D eigenvalue weighted by atomic mass is 16.3. The molecule has 0 saturated carbocycles. The Labute approximate surface area is 91.6 Å². The number of aliphatic hydroxyl groups is 1. The molecule has 1 fully saturated rings.